The van der Waals surface area contributed by atoms with Gasteiger partial charge >= 0.3 is 0 Å². The van der Waals surface area contributed by atoms with Crippen LogP contribution in [0.2, 0.25) is 0 Å². The molecule has 3 nitrogen and oxygen atoms in total. The molecular formula is C17H18BrN3. The predicted octanol–water partition coefficient (Wildman–Crippen LogP) is 3.14. The molecule has 1 aromatic carbocycles. The van der Waals surface area contributed by atoms with E-state index in [1.807, 2.05) is 12.1 Å². The molecule has 0 bridgehead atoms. The zero-order chi connectivity index (χ0) is 14.7. The largest absolute Gasteiger partial charge is 0.354 e. The summed E-state index contributed by atoms with van der Waals surface area (Å²) in [4.78, 5) is 9.59. The Morgan fingerprint density at radius 3 is 2.71 bits per heavy atom. The molecule has 0 saturated carbocycles. The van der Waals surface area contributed by atoms with Crippen molar-refractivity contribution in [2.45, 2.75) is 6.42 Å². The normalized spacial score (nSPS) is 16.1. The molecule has 1 aliphatic heterocycles. The van der Waals surface area contributed by atoms with E-state index in [9.17, 15) is 0 Å². The summed E-state index contributed by atoms with van der Waals surface area (Å²) in [7, 11) is 0. The number of nitrogens with zero attached hydrogens (tertiary/aromatic N) is 3. The quantitative estimate of drug-likeness (QED) is 0.798. The molecule has 1 saturated heterocycles. The summed E-state index contributed by atoms with van der Waals surface area (Å²) in [6, 6.07) is 10.4. The second kappa shape index (κ2) is 6.46. The monoisotopic (exact) mass is 343 g/mol. The number of fused-ring (bicyclic) bond motifs is 1. The number of pyridine rings is 1. The van der Waals surface area contributed by atoms with Crippen molar-refractivity contribution in [3.05, 3.63) is 34.8 Å². The fourth-order valence-electron chi connectivity index (χ4n) is 2.70. The van der Waals surface area contributed by atoms with Crippen LogP contribution >= 0.6 is 15.9 Å². The summed E-state index contributed by atoms with van der Waals surface area (Å²) in [5, 5.41) is 1.17. The number of hydrogen-bond donors (Lipinski definition) is 0. The third-order valence-corrected chi connectivity index (χ3v) is 4.56. The summed E-state index contributed by atoms with van der Waals surface area (Å²) in [6.07, 6.45) is 6.16. The van der Waals surface area contributed by atoms with Crippen LogP contribution in [0.15, 0.2) is 34.8 Å². The number of para-hydroxylation sites is 1. The molecule has 3 rings (SSSR count). The number of aromatic nitrogens is 1. The highest BCUT2D eigenvalue weighted by molar-refractivity contribution is 9.10. The van der Waals surface area contributed by atoms with Gasteiger partial charge in [-0.3, -0.25) is 4.90 Å². The Labute approximate surface area is 134 Å². The van der Waals surface area contributed by atoms with Crippen molar-refractivity contribution in [2.24, 2.45) is 0 Å². The van der Waals surface area contributed by atoms with E-state index >= 15 is 0 Å². The molecule has 0 amide bonds. The molecule has 0 atom stereocenters. The standard InChI is InChI=1S/C17H18BrN3/c1-2-3-9-20-10-12-21(13-11-20)16-8-7-14-5-4-6-15(18)17(14)19-16/h1,4-8H,3,9-13H2. The molecule has 0 spiro atoms. The van der Waals surface area contributed by atoms with Crippen LogP contribution < -0.4 is 4.90 Å². The summed E-state index contributed by atoms with van der Waals surface area (Å²) in [6.45, 7) is 5.12. The van der Waals surface area contributed by atoms with Gasteiger partial charge in [0.1, 0.15) is 5.82 Å². The maximum atomic E-state index is 5.33. The van der Waals surface area contributed by atoms with E-state index in [4.69, 9.17) is 11.4 Å². The molecule has 21 heavy (non-hydrogen) atoms. The van der Waals surface area contributed by atoms with Crippen LogP contribution in [0, 0.1) is 12.3 Å². The highest BCUT2D eigenvalue weighted by Gasteiger charge is 2.17. The third kappa shape index (κ3) is 3.20. The van der Waals surface area contributed by atoms with E-state index in [0.717, 1.165) is 55.0 Å². The highest BCUT2D eigenvalue weighted by Crippen LogP contribution is 2.25. The minimum atomic E-state index is 0.834. The molecule has 2 heterocycles. The van der Waals surface area contributed by atoms with Gasteiger partial charge in [0.25, 0.3) is 0 Å². The van der Waals surface area contributed by atoms with Gasteiger partial charge in [0, 0.05) is 49.0 Å². The Morgan fingerprint density at radius 2 is 1.95 bits per heavy atom. The van der Waals surface area contributed by atoms with Crippen LogP contribution in [-0.4, -0.2) is 42.6 Å². The number of terminal acetylenes is 1. The molecule has 108 valence electrons. The topological polar surface area (TPSA) is 19.4 Å². The molecule has 0 radical (unpaired) electrons. The van der Waals surface area contributed by atoms with Crippen LogP contribution in [-0.2, 0) is 0 Å². The first-order valence-electron chi connectivity index (χ1n) is 7.24. The van der Waals surface area contributed by atoms with Crippen molar-refractivity contribution in [1.82, 2.24) is 9.88 Å². The van der Waals surface area contributed by atoms with Crippen molar-refractivity contribution in [2.75, 3.05) is 37.6 Å². The summed E-state index contributed by atoms with van der Waals surface area (Å²) < 4.78 is 1.05. The first kappa shape index (κ1) is 14.4. The summed E-state index contributed by atoms with van der Waals surface area (Å²) in [5.74, 6) is 3.77. The number of halogens is 1. The molecule has 0 aliphatic carbocycles. The van der Waals surface area contributed by atoms with Crippen LogP contribution in [0.25, 0.3) is 10.9 Å². The lowest BCUT2D eigenvalue weighted by Crippen LogP contribution is -2.46. The first-order chi connectivity index (χ1) is 10.3. The molecule has 0 unspecified atom stereocenters. The van der Waals surface area contributed by atoms with Gasteiger partial charge in [-0.05, 0) is 34.1 Å². The maximum absolute atomic E-state index is 5.33. The Morgan fingerprint density at radius 1 is 1.14 bits per heavy atom. The molecule has 4 heteroatoms. The number of anilines is 1. The van der Waals surface area contributed by atoms with Gasteiger partial charge < -0.3 is 4.90 Å². The summed E-state index contributed by atoms with van der Waals surface area (Å²) in [5.41, 5.74) is 1.03. The smallest absolute Gasteiger partial charge is 0.129 e. The van der Waals surface area contributed by atoms with Crippen molar-refractivity contribution in [3.63, 3.8) is 0 Å². The number of hydrogen-bond acceptors (Lipinski definition) is 3. The lowest BCUT2D eigenvalue weighted by Gasteiger charge is -2.35. The van der Waals surface area contributed by atoms with Gasteiger partial charge in [-0.25, -0.2) is 4.98 Å². The SMILES string of the molecule is C#CCCN1CCN(c2ccc3cccc(Br)c3n2)CC1. The minimum Gasteiger partial charge on any atom is -0.354 e. The Kier molecular flexibility index (Phi) is 4.42. The van der Waals surface area contributed by atoms with E-state index in [1.165, 1.54) is 5.39 Å². The number of rotatable bonds is 3. The Hall–Kier alpha value is -1.57. The lowest BCUT2D eigenvalue weighted by molar-refractivity contribution is 0.263. The average Bonchev–Trinajstić information content (AvgIpc) is 2.54. The van der Waals surface area contributed by atoms with Crippen LogP contribution in [0.4, 0.5) is 5.82 Å². The van der Waals surface area contributed by atoms with Crippen molar-refractivity contribution >= 4 is 32.7 Å². The average molecular weight is 344 g/mol. The predicted molar refractivity (Wildman–Crippen MR) is 91.5 cm³/mol. The van der Waals surface area contributed by atoms with Gasteiger partial charge in [0.15, 0.2) is 0 Å². The second-order valence-electron chi connectivity index (χ2n) is 5.26. The molecule has 1 aromatic heterocycles. The number of piperazine rings is 1. The van der Waals surface area contributed by atoms with E-state index in [0.29, 0.717) is 0 Å². The van der Waals surface area contributed by atoms with Crippen molar-refractivity contribution < 1.29 is 0 Å². The molecule has 2 aromatic rings. The molecule has 1 fully saturated rings. The molecule has 1 aliphatic rings. The maximum Gasteiger partial charge on any atom is 0.129 e. The van der Waals surface area contributed by atoms with E-state index in [1.54, 1.807) is 0 Å². The van der Waals surface area contributed by atoms with Gasteiger partial charge in [-0.2, -0.15) is 0 Å². The zero-order valence-electron chi connectivity index (χ0n) is 11.9. The molecule has 0 N–H and O–H groups in total. The zero-order valence-corrected chi connectivity index (χ0v) is 13.5. The van der Waals surface area contributed by atoms with Crippen LogP contribution in [0.1, 0.15) is 6.42 Å². The van der Waals surface area contributed by atoms with E-state index < -0.39 is 0 Å². The van der Waals surface area contributed by atoms with Crippen molar-refractivity contribution in [3.8, 4) is 12.3 Å². The summed E-state index contributed by atoms with van der Waals surface area (Å²) >= 11 is 3.59. The Balaban J connectivity index is 1.74. The third-order valence-electron chi connectivity index (χ3n) is 3.92. The van der Waals surface area contributed by atoms with Crippen LogP contribution in [0.3, 0.4) is 0 Å². The minimum absolute atomic E-state index is 0.834. The van der Waals surface area contributed by atoms with E-state index in [2.05, 4.69) is 49.8 Å². The van der Waals surface area contributed by atoms with Crippen LogP contribution in [0.5, 0.6) is 0 Å². The highest BCUT2D eigenvalue weighted by atomic mass is 79.9. The van der Waals surface area contributed by atoms with Gasteiger partial charge in [0.2, 0.25) is 0 Å². The van der Waals surface area contributed by atoms with Gasteiger partial charge in [-0.1, -0.05) is 12.1 Å². The first-order valence-corrected chi connectivity index (χ1v) is 8.03. The molecular weight excluding hydrogens is 326 g/mol. The van der Waals surface area contributed by atoms with Gasteiger partial charge in [0.05, 0.1) is 5.52 Å². The number of benzene rings is 1. The second-order valence-corrected chi connectivity index (χ2v) is 6.12. The fraction of sp³-hybridized carbons (Fsp3) is 0.353. The van der Waals surface area contributed by atoms with E-state index in [-0.39, 0.29) is 0 Å². The van der Waals surface area contributed by atoms with Crippen molar-refractivity contribution in [1.29, 1.82) is 0 Å². The lowest BCUT2D eigenvalue weighted by atomic mass is 10.2. The fourth-order valence-corrected chi connectivity index (χ4v) is 3.17. The Bertz CT molecular complexity index is 669. The van der Waals surface area contributed by atoms with Gasteiger partial charge in [-0.15, -0.1) is 12.3 Å².